The fraction of sp³-hybridized carbons (Fsp3) is 0.600. The summed E-state index contributed by atoms with van der Waals surface area (Å²) in [6.07, 6.45) is -0.202. The standard InChI is InChI=1S/C20H30N2O4/c1-11-7-16(9-17(8-11)25-6)20(24)21-10-18-12(2)13(3)19(14(4)26-18)22-15(5)23/h7-9,12-14,18-19H,10H2,1-6H3,(H,21,24)(H,22,23). The zero-order valence-electron chi connectivity index (χ0n) is 16.5. The van der Waals surface area contributed by atoms with E-state index in [0.717, 1.165) is 5.56 Å². The van der Waals surface area contributed by atoms with E-state index in [1.165, 1.54) is 6.92 Å². The maximum atomic E-state index is 12.5. The Bertz CT molecular complexity index is 661. The minimum atomic E-state index is -0.146. The van der Waals surface area contributed by atoms with E-state index >= 15 is 0 Å². The van der Waals surface area contributed by atoms with Crippen LogP contribution in [0.25, 0.3) is 0 Å². The molecule has 5 atom stereocenters. The zero-order valence-corrected chi connectivity index (χ0v) is 16.5. The van der Waals surface area contributed by atoms with Gasteiger partial charge in [-0.3, -0.25) is 9.59 Å². The van der Waals surface area contributed by atoms with E-state index in [-0.39, 0.29) is 41.9 Å². The molecule has 26 heavy (non-hydrogen) atoms. The Balaban J connectivity index is 2.00. The Hall–Kier alpha value is -2.08. The molecule has 0 saturated carbocycles. The first-order chi connectivity index (χ1) is 12.2. The largest absolute Gasteiger partial charge is 0.497 e. The zero-order chi connectivity index (χ0) is 19.4. The van der Waals surface area contributed by atoms with Crippen LogP contribution in [-0.2, 0) is 9.53 Å². The van der Waals surface area contributed by atoms with E-state index in [0.29, 0.717) is 17.9 Å². The van der Waals surface area contributed by atoms with Crippen LogP contribution in [0.5, 0.6) is 5.75 Å². The molecule has 2 rings (SSSR count). The van der Waals surface area contributed by atoms with Gasteiger partial charge in [0.1, 0.15) is 5.75 Å². The van der Waals surface area contributed by atoms with Crippen LogP contribution < -0.4 is 15.4 Å². The minimum Gasteiger partial charge on any atom is -0.497 e. The molecule has 2 amide bonds. The Kier molecular flexibility index (Phi) is 6.64. The van der Waals surface area contributed by atoms with Gasteiger partial charge in [0.25, 0.3) is 5.91 Å². The lowest BCUT2D eigenvalue weighted by Gasteiger charge is -2.44. The highest BCUT2D eigenvalue weighted by Gasteiger charge is 2.39. The summed E-state index contributed by atoms with van der Waals surface area (Å²) < 4.78 is 11.3. The molecule has 0 spiro atoms. The topological polar surface area (TPSA) is 76.7 Å². The number of aryl methyl sites for hydroxylation is 1. The molecular weight excluding hydrogens is 332 g/mol. The van der Waals surface area contributed by atoms with Gasteiger partial charge in [0, 0.05) is 19.0 Å². The molecule has 0 bridgehead atoms. The average Bonchev–Trinajstić information content (AvgIpc) is 2.59. The van der Waals surface area contributed by atoms with Crippen LogP contribution in [0.1, 0.15) is 43.6 Å². The van der Waals surface area contributed by atoms with Crippen molar-refractivity contribution in [2.24, 2.45) is 11.8 Å². The first-order valence-electron chi connectivity index (χ1n) is 9.09. The third-order valence-corrected chi connectivity index (χ3v) is 5.26. The van der Waals surface area contributed by atoms with Crippen LogP contribution in [-0.4, -0.2) is 43.7 Å². The van der Waals surface area contributed by atoms with Gasteiger partial charge in [0.15, 0.2) is 0 Å². The van der Waals surface area contributed by atoms with Crippen LogP contribution in [0.4, 0.5) is 0 Å². The number of rotatable bonds is 5. The van der Waals surface area contributed by atoms with Gasteiger partial charge in [-0.25, -0.2) is 0 Å². The number of carbonyl (C=O) groups excluding carboxylic acids is 2. The normalized spacial score (nSPS) is 28.3. The van der Waals surface area contributed by atoms with E-state index in [4.69, 9.17) is 9.47 Å². The van der Waals surface area contributed by atoms with Crippen molar-refractivity contribution in [2.75, 3.05) is 13.7 Å². The summed E-state index contributed by atoms with van der Waals surface area (Å²) in [4.78, 5) is 23.9. The summed E-state index contributed by atoms with van der Waals surface area (Å²) in [7, 11) is 1.59. The predicted octanol–water partition coefficient (Wildman–Crippen LogP) is 2.30. The number of hydrogen-bond acceptors (Lipinski definition) is 4. The number of amides is 2. The highest BCUT2D eigenvalue weighted by Crippen LogP contribution is 2.30. The second-order valence-electron chi connectivity index (χ2n) is 7.27. The smallest absolute Gasteiger partial charge is 0.251 e. The summed E-state index contributed by atoms with van der Waals surface area (Å²) in [5.74, 6) is 0.925. The van der Waals surface area contributed by atoms with E-state index < -0.39 is 0 Å². The quantitative estimate of drug-likeness (QED) is 0.843. The maximum Gasteiger partial charge on any atom is 0.251 e. The number of ether oxygens (including phenoxy) is 2. The molecule has 0 radical (unpaired) electrons. The van der Waals surface area contributed by atoms with Crippen LogP contribution in [0.2, 0.25) is 0 Å². The molecular formula is C20H30N2O4. The van der Waals surface area contributed by atoms with Crippen molar-refractivity contribution in [3.8, 4) is 5.75 Å². The second-order valence-corrected chi connectivity index (χ2v) is 7.27. The summed E-state index contributed by atoms with van der Waals surface area (Å²) in [5, 5.41) is 5.94. The number of benzene rings is 1. The molecule has 6 heteroatoms. The summed E-state index contributed by atoms with van der Waals surface area (Å²) >= 11 is 0. The van der Waals surface area contributed by atoms with Crippen molar-refractivity contribution >= 4 is 11.8 Å². The van der Waals surface area contributed by atoms with E-state index in [1.54, 1.807) is 13.2 Å². The molecule has 6 nitrogen and oxygen atoms in total. The maximum absolute atomic E-state index is 12.5. The molecule has 144 valence electrons. The van der Waals surface area contributed by atoms with Gasteiger partial charge in [0.2, 0.25) is 5.91 Å². The molecule has 1 aliphatic rings. The molecule has 0 aromatic heterocycles. The van der Waals surface area contributed by atoms with Crippen LogP contribution in [0.15, 0.2) is 18.2 Å². The number of nitrogens with one attached hydrogen (secondary N) is 2. The third-order valence-electron chi connectivity index (χ3n) is 5.26. The van der Waals surface area contributed by atoms with E-state index in [9.17, 15) is 9.59 Å². The number of carbonyl (C=O) groups is 2. The monoisotopic (exact) mass is 362 g/mol. The third kappa shape index (κ3) is 4.75. The summed E-state index contributed by atoms with van der Waals surface area (Å²) in [5.41, 5.74) is 1.54. The molecule has 1 heterocycles. The highest BCUT2D eigenvalue weighted by atomic mass is 16.5. The van der Waals surface area contributed by atoms with Crippen molar-refractivity contribution in [1.82, 2.24) is 10.6 Å². The average molecular weight is 362 g/mol. The Labute approximate surface area is 155 Å². The molecule has 1 aliphatic heterocycles. The fourth-order valence-electron chi connectivity index (χ4n) is 3.59. The molecule has 5 unspecified atom stereocenters. The van der Waals surface area contributed by atoms with Crippen molar-refractivity contribution in [3.05, 3.63) is 29.3 Å². The van der Waals surface area contributed by atoms with Gasteiger partial charge in [-0.1, -0.05) is 13.8 Å². The lowest BCUT2D eigenvalue weighted by molar-refractivity contribution is -0.132. The SMILES string of the molecule is COc1cc(C)cc(C(=O)NCC2OC(C)C(NC(C)=O)C(C)C2C)c1. The first kappa shape index (κ1) is 20.2. The van der Waals surface area contributed by atoms with Gasteiger partial charge < -0.3 is 20.1 Å². The highest BCUT2D eigenvalue weighted by molar-refractivity contribution is 5.94. The Morgan fingerprint density at radius 3 is 2.46 bits per heavy atom. The lowest BCUT2D eigenvalue weighted by Crippen LogP contribution is -2.57. The van der Waals surface area contributed by atoms with Crippen LogP contribution in [0, 0.1) is 18.8 Å². The van der Waals surface area contributed by atoms with Crippen molar-refractivity contribution in [3.63, 3.8) is 0 Å². The van der Waals surface area contributed by atoms with Crippen molar-refractivity contribution in [1.29, 1.82) is 0 Å². The lowest BCUT2D eigenvalue weighted by atomic mass is 9.80. The first-order valence-corrected chi connectivity index (χ1v) is 9.09. The predicted molar refractivity (Wildman–Crippen MR) is 100 cm³/mol. The van der Waals surface area contributed by atoms with Gasteiger partial charge in [-0.05, 0) is 49.4 Å². The molecule has 1 aromatic carbocycles. The van der Waals surface area contributed by atoms with Gasteiger partial charge in [-0.2, -0.15) is 0 Å². The van der Waals surface area contributed by atoms with Gasteiger partial charge >= 0.3 is 0 Å². The van der Waals surface area contributed by atoms with Crippen molar-refractivity contribution in [2.45, 2.75) is 52.9 Å². The second kappa shape index (κ2) is 8.54. The minimum absolute atomic E-state index is 0.0181. The molecule has 1 saturated heterocycles. The van der Waals surface area contributed by atoms with Crippen LogP contribution >= 0.6 is 0 Å². The number of hydrogen-bond donors (Lipinski definition) is 2. The van der Waals surface area contributed by atoms with E-state index in [1.807, 2.05) is 26.0 Å². The van der Waals surface area contributed by atoms with Gasteiger partial charge in [0.05, 0.1) is 25.4 Å². The van der Waals surface area contributed by atoms with Crippen LogP contribution in [0.3, 0.4) is 0 Å². The molecule has 2 N–H and O–H groups in total. The molecule has 1 fully saturated rings. The fourth-order valence-corrected chi connectivity index (χ4v) is 3.59. The van der Waals surface area contributed by atoms with E-state index in [2.05, 4.69) is 24.5 Å². The van der Waals surface area contributed by atoms with Crippen molar-refractivity contribution < 1.29 is 19.1 Å². The number of methoxy groups -OCH3 is 1. The summed E-state index contributed by atoms with van der Waals surface area (Å²) in [6, 6.07) is 5.43. The molecule has 0 aliphatic carbocycles. The Morgan fingerprint density at radius 1 is 1.15 bits per heavy atom. The van der Waals surface area contributed by atoms with Gasteiger partial charge in [-0.15, -0.1) is 0 Å². The molecule has 1 aromatic rings. The Morgan fingerprint density at radius 2 is 1.85 bits per heavy atom. The summed E-state index contributed by atoms with van der Waals surface area (Å²) in [6.45, 7) is 10.0.